The Bertz CT molecular complexity index is 1000. The Kier molecular flexibility index (Phi) is 6.09. The third kappa shape index (κ3) is 5.10. The molecule has 1 N–H and O–H groups in total. The second kappa shape index (κ2) is 8.88. The Morgan fingerprint density at radius 3 is 2.67 bits per heavy atom. The van der Waals surface area contributed by atoms with Crippen LogP contribution in [0.1, 0.15) is 11.3 Å². The molecule has 0 saturated heterocycles. The second-order valence-corrected chi connectivity index (χ2v) is 6.31. The highest BCUT2D eigenvalue weighted by Crippen LogP contribution is 2.25. The Hall–Kier alpha value is -3.29. The molecular weight excluding hydrogens is 360 g/mol. The fraction of sp³-hybridized carbons (Fsp3) is 0.0909. The molecular formula is C22H17ClN2O2. The van der Waals surface area contributed by atoms with Crippen molar-refractivity contribution in [2.24, 2.45) is 0 Å². The summed E-state index contributed by atoms with van der Waals surface area (Å²) >= 11 is 5.99. The molecule has 0 aliphatic heterocycles. The summed E-state index contributed by atoms with van der Waals surface area (Å²) in [4.78, 5) is 12.2. The normalized spacial score (nSPS) is 11.0. The molecule has 3 aromatic rings. The third-order valence-electron chi connectivity index (χ3n) is 3.93. The highest BCUT2D eigenvalue weighted by molar-refractivity contribution is 6.30. The number of nitriles is 1. The zero-order valence-corrected chi connectivity index (χ0v) is 15.2. The summed E-state index contributed by atoms with van der Waals surface area (Å²) in [5, 5.41) is 12.7. The van der Waals surface area contributed by atoms with Gasteiger partial charge in [0.15, 0.2) is 0 Å². The summed E-state index contributed by atoms with van der Waals surface area (Å²) in [6, 6.07) is 22.5. The first-order valence-electron chi connectivity index (χ1n) is 8.45. The van der Waals surface area contributed by atoms with E-state index in [1.807, 2.05) is 48.5 Å². The first-order chi connectivity index (χ1) is 13.2. The quantitative estimate of drug-likeness (QED) is 0.493. The Morgan fingerprint density at radius 2 is 1.93 bits per heavy atom. The van der Waals surface area contributed by atoms with E-state index in [1.54, 1.807) is 24.3 Å². The first kappa shape index (κ1) is 18.5. The summed E-state index contributed by atoms with van der Waals surface area (Å²) in [5.41, 5.74) is 1.94. The first-order valence-corrected chi connectivity index (χ1v) is 8.83. The number of carbonyl (C=O) groups excluding carboxylic acids is 1. The van der Waals surface area contributed by atoms with Gasteiger partial charge < -0.3 is 9.73 Å². The molecule has 0 unspecified atom stereocenters. The van der Waals surface area contributed by atoms with Gasteiger partial charge in [-0.05, 0) is 36.2 Å². The summed E-state index contributed by atoms with van der Waals surface area (Å²) in [7, 11) is 0. The van der Waals surface area contributed by atoms with Gasteiger partial charge in [0.05, 0.1) is 0 Å². The van der Waals surface area contributed by atoms with Crippen LogP contribution in [0, 0.1) is 11.3 Å². The molecule has 0 aliphatic rings. The lowest BCUT2D eigenvalue weighted by atomic mass is 10.1. The van der Waals surface area contributed by atoms with Gasteiger partial charge in [0.1, 0.15) is 23.2 Å². The largest absolute Gasteiger partial charge is 0.457 e. The topological polar surface area (TPSA) is 66.0 Å². The average Bonchev–Trinajstić information content (AvgIpc) is 3.15. The van der Waals surface area contributed by atoms with Crippen LogP contribution in [-0.2, 0) is 11.2 Å². The highest BCUT2D eigenvalue weighted by atomic mass is 35.5. The van der Waals surface area contributed by atoms with Gasteiger partial charge >= 0.3 is 0 Å². The number of nitrogens with zero attached hydrogens (tertiary/aromatic N) is 1. The average molecular weight is 377 g/mol. The van der Waals surface area contributed by atoms with Crippen LogP contribution in [0.5, 0.6) is 0 Å². The van der Waals surface area contributed by atoms with E-state index >= 15 is 0 Å². The van der Waals surface area contributed by atoms with Crippen molar-refractivity contribution in [1.29, 1.82) is 5.26 Å². The number of rotatable bonds is 6. The molecule has 0 spiro atoms. The van der Waals surface area contributed by atoms with E-state index in [0.717, 1.165) is 11.1 Å². The van der Waals surface area contributed by atoms with Gasteiger partial charge in [0.2, 0.25) is 0 Å². The smallest absolute Gasteiger partial charge is 0.262 e. The van der Waals surface area contributed by atoms with Crippen molar-refractivity contribution >= 4 is 23.6 Å². The number of nitrogens with one attached hydrogen (secondary N) is 1. The summed E-state index contributed by atoms with van der Waals surface area (Å²) in [6.07, 6.45) is 2.14. The number of furan rings is 1. The minimum Gasteiger partial charge on any atom is -0.457 e. The van der Waals surface area contributed by atoms with E-state index in [0.29, 0.717) is 29.5 Å². The molecule has 0 saturated carbocycles. The molecule has 4 nitrogen and oxygen atoms in total. The number of hydrogen-bond donors (Lipinski definition) is 1. The predicted molar refractivity (Wildman–Crippen MR) is 106 cm³/mol. The molecule has 0 atom stereocenters. The Balaban J connectivity index is 1.65. The Morgan fingerprint density at radius 1 is 1.11 bits per heavy atom. The van der Waals surface area contributed by atoms with Crippen molar-refractivity contribution in [2.45, 2.75) is 6.42 Å². The number of benzene rings is 2. The highest BCUT2D eigenvalue weighted by Gasteiger charge is 2.11. The van der Waals surface area contributed by atoms with Gasteiger partial charge in [0.25, 0.3) is 5.91 Å². The van der Waals surface area contributed by atoms with E-state index in [4.69, 9.17) is 16.0 Å². The molecule has 3 rings (SSSR count). The minimum atomic E-state index is -0.422. The fourth-order valence-electron chi connectivity index (χ4n) is 2.58. The van der Waals surface area contributed by atoms with Crippen LogP contribution >= 0.6 is 11.6 Å². The van der Waals surface area contributed by atoms with Gasteiger partial charge in [-0.15, -0.1) is 0 Å². The maximum atomic E-state index is 12.2. The summed E-state index contributed by atoms with van der Waals surface area (Å²) in [5.74, 6) is 0.624. The van der Waals surface area contributed by atoms with Crippen LogP contribution in [0.4, 0.5) is 0 Å². The van der Waals surface area contributed by atoms with E-state index in [9.17, 15) is 10.1 Å². The van der Waals surface area contributed by atoms with E-state index < -0.39 is 5.91 Å². The summed E-state index contributed by atoms with van der Waals surface area (Å²) in [6.45, 7) is 0.452. The van der Waals surface area contributed by atoms with Crippen LogP contribution in [0.3, 0.4) is 0 Å². The maximum Gasteiger partial charge on any atom is 0.262 e. The van der Waals surface area contributed by atoms with Gasteiger partial charge in [-0.3, -0.25) is 4.79 Å². The molecule has 0 fully saturated rings. The van der Waals surface area contributed by atoms with E-state index in [1.165, 1.54) is 6.08 Å². The van der Waals surface area contributed by atoms with Gasteiger partial charge in [-0.2, -0.15) is 5.26 Å². The van der Waals surface area contributed by atoms with Crippen molar-refractivity contribution in [2.75, 3.05) is 6.54 Å². The molecule has 1 aromatic heterocycles. The van der Waals surface area contributed by atoms with E-state index in [2.05, 4.69) is 5.32 Å². The molecule has 1 heterocycles. The van der Waals surface area contributed by atoms with Gasteiger partial charge in [-0.25, -0.2) is 0 Å². The molecule has 0 radical (unpaired) electrons. The van der Waals surface area contributed by atoms with Crippen molar-refractivity contribution in [3.05, 3.63) is 88.6 Å². The second-order valence-electron chi connectivity index (χ2n) is 5.87. The van der Waals surface area contributed by atoms with Crippen LogP contribution < -0.4 is 5.32 Å². The van der Waals surface area contributed by atoms with Crippen LogP contribution in [0.25, 0.3) is 17.4 Å². The maximum absolute atomic E-state index is 12.2. The summed E-state index contributed by atoms with van der Waals surface area (Å²) < 4.78 is 5.71. The van der Waals surface area contributed by atoms with Gasteiger partial charge in [0, 0.05) is 23.2 Å². The molecule has 2 aromatic carbocycles. The third-order valence-corrected chi connectivity index (χ3v) is 4.16. The zero-order valence-electron chi connectivity index (χ0n) is 14.5. The molecule has 0 aliphatic carbocycles. The number of halogens is 1. The fourth-order valence-corrected chi connectivity index (χ4v) is 2.77. The van der Waals surface area contributed by atoms with Crippen LogP contribution in [0.15, 0.2) is 76.7 Å². The van der Waals surface area contributed by atoms with Crippen LogP contribution in [0.2, 0.25) is 5.02 Å². The standard InChI is InChI=1S/C22H17ClN2O2/c23-19-8-4-7-17(13-19)21-10-9-20(27-21)14-18(15-24)22(26)25-12-11-16-5-2-1-3-6-16/h1-10,13-14H,11-12H2,(H,25,26). The number of hydrogen-bond acceptors (Lipinski definition) is 3. The van der Waals surface area contributed by atoms with Crippen molar-refractivity contribution in [3.8, 4) is 17.4 Å². The number of carbonyl (C=O) groups is 1. The lowest BCUT2D eigenvalue weighted by Crippen LogP contribution is -2.26. The lowest BCUT2D eigenvalue weighted by Gasteiger charge is -2.04. The predicted octanol–water partition coefficient (Wildman–Crippen LogP) is 4.87. The molecule has 1 amide bonds. The molecule has 5 heteroatoms. The van der Waals surface area contributed by atoms with Gasteiger partial charge in [-0.1, -0.05) is 54.1 Å². The zero-order chi connectivity index (χ0) is 19.1. The molecule has 0 bridgehead atoms. The molecule has 27 heavy (non-hydrogen) atoms. The van der Waals surface area contributed by atoms with Crippen molar-refractivity contribution in [1.82, 2.24) is 5.32 Å². The van der Waals surface area contributed by atoms with E-state index in [-0.39, 0.29) is 5.57 Å². The van der Waals surface area contributed by atoms with Crippen molar-refractivity contribution in [3.63, 3.8) is 0 Å². The minimum absolute atomic E-state index is 0.00458. The van der Waals surface area contributed by atoms with Crippen molar-refractivity contribution < 1.29 is 9.21 Å². The monoisotopic (exact) mass is 376 g/mol. The van der Waals surface area contributed by atoms with Crippen LogP contribution in [-0.4, -0.2) is 12.5 Å². The lowest BCUT2D eigenvalue weighted by molar-refractivity contribution is -0.117. The SMILES string of the molecule is N#CC(=Cc1ccc(-c2cccc(Cl)c2)o1)C(=O)NCCc1ccccc1. The Labute approximate surface area is 162 Å². The molecule has 134 valence electrons. The number of amides is 1.